The van der Waals surface area contributed by atoms with Crippen molar-refractivity contribution in [3.63, 3.8) is 0 Å². The minimum absolute atomic E-state index is 0.000000000000000444. The minimum Gasteiger partial charge on any atom is -0.459 e. The molecule has 2 saturated carbocycles. The summed E-state index contributed by atoms with van der Waals surface area (Å²) in [6, 6.07) is 0. The van der Waals surface area contributed by atoms with E-state index in [1.54, 1.807) is 0 Å². The highest BCUT2D eigenvalue weighted by Gasteiger charge is 2.83. The number of hydrogen-bond donors (Lipinski definition) is 0. The Kier molecular flexibility index (Phi) is 1.54. The second kappa shape index (κ2) is 2.24. The van der Waals surface area contributed by atoms with Crippen LogP contribution in [-0.4, -0.2) is 15.3 Å². The summed E-state index contributed by atoms with van der Waals surface area (Å²) in [5.74, 6) is 0.504. The Morgan fingerprint density at radius 1 is 1.43 bits per heavy atom. The van der Waals surface area contributed by atoms with Crippen LogP contribution in [0.25, 0.3) is 0 Å². The second-order valence-corrected chi connectivity index (χ2v) is 8.85. The Labute approximate surface area is 100 Å². The van der Waals surface area contributed by atoms with Crippen molar-refractivity contribution in [1.82, 2.24) is 0 Å². The highest BCUT2D eigenvalue weighted by atomic mass is 79.9. The highest BCUT2D eigenvalue weighted by molar-refractivity contribution is 9.25. The Hall–Kier alpha value is 0.430. The molecule has 0 amide bonds. The zero-order chi connectivity index (χ0) is 10.4. The van der Waals surface area contributed by atoms with Gasteiger partial charge >= 0.3 is 5.97 Å². The summed E-state index contributed by atoms with van der Waals surface area (Å²) in [6.07, 6.45) is 2.07. The standard InChI is InChI=1S/C10H12Br2O2/c1-8-4-3-5-9(8,2)6(10(5,11)12)14-7(8)13/h5-6H,3-4H2,1-2H3/t5-,6+,8-,9+/m0/s1. The maximum Gasteiger partial charge on any atom is 0.312 e. The van der Waals surface area contributed by atoms with Gasteiger partial charge in [-0.2, -0.15) is 0 Å². The van der Waals surface area contributed by atoms with Crippen LogP contribution in [0.5, 0.6) is 0 Å². The number of alkyl halides is 2. The molecule has 0 aromatic rings. The molecule has 1 heterocycles. The Morgan fingerprint density at radius 2 is 2.07 bits per heavy atom. The third kappa shape index (κ3) is 0.665. The molecule has 0 unspecified atom stereocenters. The monoisotopic (exact) mass is 322 g/mol. The Balaban J connectivity index is 2.16. The molecule has 78 valence electrons. The topological polar surface area (TPSA) is 26.3 Å². The van der Waals surface area contributed by atoms with Crippen molar-refractivity contribution in [2.75, 3.05) is 0 Å². The molecule has 3 aliphatic rings. The van der Waals surface area contributed by atoms with E-state index >= 15 is 0 Å². The largest absolute Gasteiger partial charge is 0.459 e. The van der Waals surface area contributed by atoms with Crippen LogP contribution < -0.4 is 0 Å². The van der Waals surface area contributed by atoms with Crippen molar-refractivity contribution < 1.29 is 9.53 Å². The fourth-order valence-corrected chi connectivity index (χ4v) is 6.24. The van der Waals surface area contributed by atoms with Crippen LogP contribution in [0, 0.1) is 16.7 Å². The summed E-state index contributed by atoms with van der Waals surface area (Å²) >= 11 is 7.30. The number of ether oxygens (including phenoxy) is 1. The van der Waals surface area contributed by atoms with E-state index in [1.165, 1.54) is 0 Å². The average molecular weight is 324 g/mol. The van der Waals surface area contributed by atoms with Gasteiger partial charge in [0.1, 0.15) is 9.34 Å². The van der Waals surface area contributed by atoms with Gasteiger partial charge in [-0.1, -0.05) is 38.8 Å². The van der Waals surface area contributed by atoms with Crippen LogP contribution in [0.15, 0.2) is 0 Å². The van der Waals surface area contributed by atoms with Crippen molar-refractivity contribution in [2.45, 2.75) is 36.0 Å². The third-order valence-corrected chi connectivity index (χ3v) is 6.82. The van der Waals surface area contributed by atoms with Gasteiger partial charge < -0.3 is 4.74 Å². The van der Waals surface area contributed by atoms with Gasteiger partial charge in [-0.25, -0.2) is 0 Å². The number of rotatable bonds is 0. The van der Waals surface area contributed by atoms with E-state index in [0.717, 1.165) is 12.8 Å². The van der Waals surface area contributed by atoms with E-state index in [9.17, 15) is 4.79 Å². The zero-order valence-corrected chi connectivity index (χ0v) is 11.3. The van der Waals surface area contributed by atoms with Gasteiger partial charge in [-0.15, -0.1) is 0 Å². The van der Waals surface area contributed by atoms with Crippen LogP contribution in [0.1, 0.15) is 26.7 Å². The summed E-state index contributed by atoms with van der Waals surface area (Å²) in [5.41, 5.74) is -0.204. The highest BCUT2D eigenvalue weighted by Crippen LogP contribution is 2.78. The van der Waals surface area contributed by atoms with Crippen molar-refractivity contribution in [3.05, 3.63) is 0 Å². The molecule has 3 fully saturated rings. The molecule has 2 aliphatic carbocycles. The summed E-state index contributed by atoms with van der Waals surface area (Å²) < 4.78 is 5.31. The van der Waals surface area contributed by atoms with Crippen LogP contribution >= 0.6 is 31.9 Å². The van der Waals surface area contributed by atoms with Crippen molar-refractivity contribution in [1.29, 1.82) is 0 Å². The molecular formula is C10H12Br2O2. The lowest BCUT2D eigenvalue weighted by molar-refractivity contribution is -0.150. The van der Waals surface area contributed by atoms with Gasteiger partial charge in [0.2, 0.25) is 0 Å². The van der Waals surface area contributed by atoms with E-state index in [4.69, 9.17) is 4.74 Å². The normalized spacial score (nSPS) is 57.9. The molecule has 4 heteroatoms. The number of halogens is 2. The van der Waals surface area contributed by atoms with Gasteiger partial charge in [0.25, 0.3) is 0 Å². The molecule has 1 saturated heterocycles. The predicted molar refractivity (Wildman–Crippen MR) is 59.4 cm³/mol. The van der Waals surface area contributed by atoms with E-state index < -0.39 is 0 Å². The van der Waals surface area contributed by atoms with E-state index in [-0.39, 0.29) is 26.1 Å². The van der Waals surface area contributed by atoms with Crippen molar-refractivity contribution >= 4 is 37.8 Å². The molecule has 4 atom stereocenters. The molecule has 2 nitrogen and oxygen atoms in total. The smallest absolute Gasteiger partial charge is 0.312 e. The maximum absolute atomic E-state index is 11.8. The summed E-state index contributed by atoms with van der Waals surface area (Å²) in [5, 5.41) is 0. The molecule has 0 aromatic carbocycles. The molecule has 3 rings (SSSR count). The zero-order valence-electron chi connectivity index (χ0n) is 8.14. The lowest BCUT2D eigenvalue weighted by atomic mass is 9.53. The van der Waals surface area contributed by atoms with Crippen LogP contribution in [0.4, 0.5) is 0 Å². The fraction of sp³-hybridized carbons (Fsp3) is 0.900. The number of carbonyl (C=O) groups is 1. The van der Waals surface area contributed by atoms with Crippen LogP contribution in [-0.2, 0) is 9.53 Å². The summed E-state index contributed by atoms with van der Waals surface area (Å²) in [6.45, 7) is 4.26. The number of esters is 1. The predicted octanol–water partition coefficient (Wildman–Crippen LogP) is 2.83. The Bertz CT molecular complexity index is 341. The van der Waals surface area contributed by atoms with Gasteiger partial charge in [-0.3, -0.25) is 4.79 Å². The van der Waals surface area contributed by atoms with Crippen LogP contribution in [0.3, 0.4) is 0 Å². The van der Waals surface area contributed by atoms with E-state index in [1.807, 2.05) is 0 Å². The first-order chi connectivity index (χ1) is 6.35. The molecular weight excluding hydrogens is 312 g/mol. The Morgan fingerprint density at radius 3 is 2.71 bits per heavy atom. The first-order valence-corrected chi connectivity index (χ1v) is 6.52. The quantitative estimate of drug-likeness (QED) is 0.506. The molecule has 0 bridgehead atoms. The fourth-order valence-electron chi connectivity index (χ4n) is 3.70. The van der Waals surface area contributed by atoms with Gasteiger partial charge in [0.05, 0.1) is 5.41 Å². The minimum atomic E-state index is -0.243. The van der Waals surface area contributed by atoms with E-state index in [2.05, 4.69) is 45.7 Å². The number of carbonyl (C=O) groups excluding carboxylic acids is 1. The lowest BCUT2D eigenvalue weighted by Crippen LogP contribution is -2.64. The summed E-state index contributed by atoms with van der Waals surface area (Å²) in [7, 11) is 0. The van der Waals surface area contributed by atoms with Gasteiger partial charge in [0, 0.05) is 5.41 Å². The SMILES string of the molecule is C[C@]12[C@@H]3CC[C@@]1(C)C(=O)O[C@H]2C3(Br)Br. The van der Waals surface area contributed by atoms with Crippen LogP contribution in [0.2, 0.25) is 0 Å². The molecule has 0 spiro atoms. The molecule has 0 radical (unpaired) electrons. The lowest BCUT2D eigenvalue weighted by Gasteiger charge is -2.57. The molecule has 1 aliphatic heterocycles. The third-order valence-electron chi connectivity index (χ3n) is 4.88. The average Bonchev–Trinajstić information content (AvgIpc) is 2.43. The molecule has 14 heavy (non-hydrogen) atoms. The first-order valence-electron chi connectivity index (χ1n) is 4.94. The second-order valence-electron chi connectivity index (χ2n) is 5.17. The molecule has 0 N–H and O–H groups in total. The number of hydrogen-bond acceptors (Lipinski definition) is 2. The summed E-state index contributed by atoms with van der Waals surface area (Å²) in [4.78, 5) is 11.8. The van der Waals surface area contributed by atoms with Crippen molar-refractivity contribution in [2.24, 2.45) is 16.7 Å². The van der Waals surface area contributed by atoms with Gasteiger partial charge in [0.15, 0.2) is 0 Å². The maximum atomic E-state index is 11.8. The molecule has 0 aromatic heterocycles. The van der Waals surface area contributed by atoms with Crippen molar-refractivity contribution in [3.8, 4) is 0 Å². The first kappa shape index (κ1) is 9.64. The van der Waals surface area contributed by atoms with Gasteiger partial charge in [-0.05, 0) is 25.7 Å². The van der Waals surface area contributed by atoms with E-state index in [0.29, 0.717) is 5.92 Å².